The number of fused-ring (bicyclic) bond motifs is 2. The molecule has 0 spiro atoms. The van der Waals surface area contributed by atoms with E-state index in [1.165, 1.54) is 18.2 Å². The topological polar surface area (TPSA) is 72.7 Å². The standard InChI is InChI=1S/C24H23ClF3NO3/c1-12-9-16-18(20(31)19(12)25)22(2,3)11-23(32,24(26,27)28)21(16)29-17-6-4-5-13-10-14(30)7-8-15(13)17/h4-10,21,29-32H,11H2,1-3H3. The number of aromatic hydroxyl groups is 2. The Morgan fingerprint density at radius 3 is 2.44 bits per heavy atom. The van der Waals surface area contributed by atoms with Crippen LogP contribution in [0, 0.1) is 6.92 Å². The Kier molecular flexibility index (Phi) is 5.06. The monoisotopic (exact) mass is 465 g/mol. The van der Waals surface area contributed by atoms with Crippen molar-refractivity contribution in [3.63, 3.8) is 0 Å². The second-order valence-electron chi connectivity index (χ2n) is 9.09. The smallest absolute Gasteiger partial charge is 0.419 e. The maximum atomic E-state index is 14.4. The molecule has 4 nitrogen and oxygen atoms in total. The van der Waals surface area contributed by atoms with E-state index in [0.29, 0.717) is 22.0 Å². The van der Waals surface area contributed by atoms with Crippen molar-refractivity contribution < 1.29 is 28.5 Å². The van der Waals surface area contributed by atoms with Gasteiger partial charge in [-0.15, -0.1) is 0 Å². The van der Waals surface area contributed by atoms with Gasteiger partial charge in [0.2, 0.25) is 0 Å². The first kappa shape index (κ1) is 22.6. The first-order valence-electron chi connectivity index (χ1n) is 10.1. The Bertz CT molecular complexity index is 1230. The van der Waals surface area contributed by atoms with E-state index in [4.69, 9.17) is 11.6 Å². The first-order chi connectivity index (χ1) is 14.8. The summed E-state index contributed by atoms with van der Waals surface area (Å²) in [5, 5.41) is 35.8. The maximum absolute atomic E-state index is 14.4. The molecular formula is C24H23ClF3NO3. The minimum Gasteiger partial charge on any atom is -0.508 e. The lowest BCUT2D eigenvalue weighted by Crippen LogP contribution is -2.58. The molecule has 1 aliphatic carbocycles. The molecule has 0 heterocycles. The van der Waals surface area contributed by atoms with Crippen LogP contribution in [0.3, 0.4) is 0 Å². The van der Waals surface area contributed by atoms with Gasteiger partial charge in [-0.3, -0.25) is 0 Å². The third-order valence-corrected chi connectivity index (χ3v) is 6.76. The molecule has 0 aliphatic heterocycles. The fourth-order valence-corrected chi connectivity index (χ4v) is 5.02. The Hall–Kier alpha value is -2.64. The van der Waals surface area contributed by atoms with E-state index in [-0.39, 0.29) is 27.6 Å². The molecule has 0 fully saturated rings. The number of nitrogens with one attached hydrogen (secondary N) is 1. The molecule has 2 atom stereocenters. The van der Waals surface area contributed by atoms with E-state index in [1.54, 1.807) is 45.0 Å². The predicted octanol–water partition coefficient (Wildman–Crippen LogP) is 6.34. The second-order valence-corrected chi connectivity index (χ2v) is 9.47. The zero-order valence-electron chi connectivity index (χ0n) is 17.7. The summed E-state index contributed by atoms with van der Waals surface area (Å²) in [7, 11) is 0. The van der Waals surface area contributed by atoms with Crippen LogP contribution in [0.25, 0.3) is 10.8 Å². The Morgan fingerprint density at radius 1 is 1.09 bits per heavy atom. The van der Waals surface area contributed by atoms with Crippen LogP contribution in [0.2, 0.25) is 5.02 Å². The number of phenols is 2. The molecule has 3 aromatic carbocycles. The number of aryl methyl sites for hydroxylation is 1. The number of alkyl halides is 3. The Balaban J connectivity index is 1.98. The van der Waals surface area contributed by atoms with Gasteiger partial charge in [0.25, 0.3) is 0 Å². The molecule has 0 bridgehead atoms. The van der Waals surface area contributed by atoms with E-state index < -0.39 is 29.7 Å². The van der Waals surface area contributed by atoms with Crippen molar-refractivity contribution in [2.45, 2.75) is 50.4 Å². The maximum Gasteiger partial charge on any atom is 0.419 e. The predicted molar refractivity (Wildman–Crippen MR) is 118 cm³/mol. The zero-order chi connectivity index (χ0) is 23.6. The van der Waals surface area contributed by atoms with Gasteiger partial charge in [-0.1, -0.05) is 43.6 Å². The first-order valence-corrected chi connectivity index (χ1v) is 10.4. The Labute approximate surface area is 188 Å². The highest BCUT2D eigenvalue weighted by Gasteiger charge is 2.64. The number of phenolic OH excluding ortho intramolecular Hbond substituents is 2. The average Bonchev–Trinajstić information content (AvgIpc) is 2.67. The molecule has 170 valence electrons. The average molecular weight is 466 g/mol. The van der Waals surface area contributed by atoms with Crippen LogP contribution in [0.4, 0.5) is 18.9 Å². The summed E-state index contributed by atoms with van der Waals surface area (Å²) < 4.78 is 43.1. The zero-order valence-corrected chi connectivity index (χ0v) is 18.4. The number of anilines is 1. The molecule has 0 amide bonds. The summed E-state index contributed by atoms with van der Waals surface area (Å²) in [6.45, 7) is 4.68. The normalized spacial score (nSPS) is 22.6. The lowest BCUT2D eigenvalue weighted by Gasteiger charge is -2.49. The van der Waals surface area contributed by atoms with E-state index in [0.717, 1.165) is 0 Å². The molecule has 4 rings (SSSR count). The van der Waals surface area contributed by atoms with Crippen molar-refractivity contribution in [1.82, 2.24) is 0 Å². The fourth-order valence-electron chi connectivity index (χ4n) is 4.88. The summed E-state index contributed by atoms with van der Waals surface area (Å²) in [6.07, 6.45) is -5.63. The van der Waals surface area contributed by atoms with Gasteiger partial charge in [-0.05, 0) is 59.5 Å². The number of benzene rings is 3. The molecule has 2 unspecified atom stereocenters. The number of hydrogen-bond acceptors (Lipinski definition) is 4. The van der Waals surface area contributed by atoms with E-state index in [1.807, 2.05) is 0 Å². The quantitative estimate of drug-likeness (QED) is 0.356. The van der Waals surface area contributed by atoms with E-state index >= 15 is 0 Å². The van der Waals surface area contributed by atoms with Gasteiger partial charge < -0.3 is 20.6 Å². The molecule has 4 N–H and O–H groups in total. The van der Waals surface area contributed by atoms with Gasteiger partial charge in [0, 0.05) is 16.6 Å². The van der Waals surface area contributed by atoms with Crippen molar-refractivity contribution in [3.8, 4) is 11.5 Å². The van der Waals surface area contributed by atoms with E-state index in [2.05, 4.69) is 5.32 Å². The number of hydrogen-bond donors (Lipinski definition) is 4. The van der Waals surface area contributed by atoms with Crippen LogP contribution < -0.4 is 5.32 Å². The molecule has 32 heavy (non-hydrogen) atoms. The lowest BCUT2D eigenvalue weighted by atomic mass is 9.63. The minimum atomic E-state index is -4.95. The van der Waals surface area contributed by atoms with Crippen molar-refractivity contribution in [2.75, 3.05) is 5.32 Å². The van der Waals surface area contributed by atoms with Gasteiger partial charge in [-0.25, -0.2) is 0 Å². The summed E-state index contributed by atoms with van der Waals surface area (Å²) in [5.74, 6) is -0.244. The molecule has 0 saturated carbocycles. The van der Waals surface area contributed by atoms with Crippen molar-refractivity contribution in [2.24, 2.45) is 0 Å². The number of rotatable bonds is 2. The highest BCUT2D eigenvalue weighted by Crippen LogP contribution is 2.57. The third-order valence-electron chi connectivity index (χ3n) is 6.28. The van der Waals surface area contributed by atoms with E-state index in [9.17, 15) is 28.5 Å². The van der Waals surface area contributed by atoms with Crippen LogP contribution in [0.5, 0.6) is 11.5 Å². The molecule has 8 heteroatoms. The summed E-state index contributed by atoms with van der Waals surface area (Å²) in [6, 6.07) is 9.41. The summed E-state index contributed by atoms with van der Waals surface area (Å²) >= 11 is 6.22. The van der Waals surface area contributed by atoms with Crippen LogP contribution >= 0.6 is 11.6 Å². The van der Waals surface area contributed by atoms with Gasteiger partial charge >= 0.3 is 6.18 Å². The second kappa shape index (κ2) is 7.18. The molecule has 0 aromatic heterocycles. The van der Waals surface area contributed by atoms with Crippen LogP contribution in [0.1, 0.15) is 43.0 Å². The largest absolute Gasteiger partial charge is 0.508 e. The summed E-state index contributed by atoms with van der Waals surface area (Å²) in [5.41, 5.74) is -3.15. The minimum absolute atomic E-state index is 0.0291. The SMILES string of the molecule is Cc1cc2c(c(O)c1Cl)C(C)(C)CC(O)(C(F)(F)F)C2Nc1cccc2cc(O)ccc12. The third kappa shape index (κ3) is 3.35. The van der Waals surface area contributed by atoms with Gasteiger partial charge in [0.05, 0.1) is 11.1 Å². The molecule has 3 aromatic rings. The van der Waals surface area contributed by atoms with Crippen LogP contribution in [-0.2, 0) is 5.41 Å². The van der Waals surface area contributed by atoms with Gasteiger partial charge in [0.1, 0.15) is 11.5 Å². The fraction of sp³-hybridized carbons (Fsp3) is 0.333. The highest BCUT2D eigenvalue weighted by molar-refractivity contribution is 6.33. The number of aliphatic hydroxyl groups is 1. The highest BCUT2D eigenvalue weighted by atomic mass is 35.5. The molecule has 1 aliphatic rings. The van der Waals surface area contributed by atoms with Crippen LogP contribution in [0.15, 0.2) is 42.5 Å². The van der Waals surface area contributed by atoms with Crippen molar-refractivity contribution in [3.05, 3.63) is 64.2 Å². The molecule has 0 radical (unpaired) electrons. The summed E-state index contributed by atoms with van der Waals surface area (Å²) in [4.78, 5) is 0. The van der Waals surface area contributed by atoms with Gasteiger partial charge in [-0.2, -0.15) is 13.2 Å². The lowest BCUT2D eigenvalue weighted by molar-refractivity contribution is -0.275. The van der Waals surface area contributed by atoms with Crippen LogP contribution in [-0.4, -0.2) is 27.1 Å². The van der Waals surface area contributed by atoms with Crippen molar-refractivity contribution >= 4 is 28.1 Å². The Morgan fingerprint density at radius 2 is 1.78 bits per heavy atom. The van der Waals surface area contributed by atoms with Gasteiger partial charge in [0.15, 0.2) is 5.60 Å². The molecule has 0 saturated heterocycles. The molecular weight excluding hydrogens is 443 g/mol. The van der Waals surface area contributed by atoms with Crippen molar-refractivity contribution in [1.29, 1.82) is 0 Å². The number of halogens is 4.